The van der Waals surface area contributed by atoms with Crippen LogP contribution >= 0.6 is 0 Å². The number of piperazine rings is 1. The Balaban J connectivity index is 1.43. The molecule has 8 nitrogen and oxygen atoms in total. The lowest BCUT2D eigenvalue weighted by Crippen LogP contribution is -2.51. The molecule has 1 amide bonds. The number of carbonyl (C=O) groups excluding carboxylic acids is 1. The van der Waals surface area contributed by atoms with Gasteiger partial charge in [0.25, 0.3) is 0 Å². The summed E-state index contributed by atoms with van der Waals surface area (Å²) in [4.78, 5) is 14.5. The predicted octanol–water partition coefficient (Wildman–Crippen LogP) is 1.01. The minimum atomic E-state index is -3.51. The Morgan fingerprint density at radius 1 is 1.17 bits per heavy atom. The monoisotopic (exact) mass is 419 g/mol. The van der Waals surface area contributed by atoms with E-state index < -0.39 is 10.0 Å². The van der Waals surface area contributed by atoms with Gasteiger partial charge in [0.1, 0.15) is 0 Å². The van der Waals surface area contributed by atoms with E-state index in [1.807, 2.05) is 47.8 Å². The van der Waals surface area contributed by atoms with Crippen LogP contribution in [0.1, 0.15) is 17.5 Å². The molecule has 3 rings (SSSR count). The largest absolute Gasteiger partial charge is 0.355 e. The molecule has 0 unspecified atom stereocenters. The molecule has 2 aromatic rings. The van der Waals surface area contributed by atoms with Crippen molar-refractivity contribution in [3.63, 3.8) is 0 Å². The standard InChI is InChI=1S/C20H29N5O3S/c1-17-5-6-18(2)19(15-17)29(27,28)25-13-11-23(12-14-25)16-20(26)21-7-3-9-24-10-4-8-22-24/h4-6,8,10,15H,3,7,9,11-14,16H2,1-2H3,(H,21,26). The molecule has 0 spiro atoms. The fourth-order valence-electron chi connectivity index (χ4n) is 3.41. The maximum Gasteiger partial charge on any atom is 0.243 e. The van der Waals surface area contributed by atoms with Crippen molar-refractivity contribution >= 4 is 15.9 Å². The van der Waals surface area contributed by atoms with Crippen molar-refractivity contribution in [1.29, 1.82) is 0 Å². The van der Waals surface area contributed by atoms with Gasteiger partial charge in [-0.3, -0.25) is 14.4 Å². The van der Waals surface area contributed by atoms with Crippen molar-refractivity contribution in [2.24, 2.45) is 0 Å². The molecule has 9 heteroatoms. The average molecular weight is 420 g/mol. The lowest BCUT2D eigenvalue weighted by molar-refractivity contribution is -0.122. The summed E-state index contributed by atoms with van der Waals surface area (Å²) in [6, 6.07) is 7.36. The summed E-state index contributed by atoms with van der Waals surface area (Å²) in [7, 11) is -3.51. The summed E-state index contributed by atoms with van der Waals surface area (Å²) in [6.45, 7) is 7.24. The highest BCUT2D eigenvalue weighted by atomic mass is 32.2. The van der Waals surface area contributed by atoms with Gasteiger partial charge in [-0.2, -0.15) is 9.40 Å². The molecule has 0 bridgehead atoms. The molecule has 2 heterocycles. The number of nitrogens with one attached hydrogen (secondary N) is 1. The van der Waals surface area contributed by atoms with Crippen LogP contribution in [0.15, 0.2) is 41.6 Å². The highest BCUT2D eigenvalue weighted by molar-refractivity contribution is 7.89. The maximum absolute atomic E-state index is 13.0. The van der Waals surface area contributed by atoms with Gasteiger partial charge in [-0.1, -0.05) is 12.1 Å². The van der Waals surface area contributed by atoms with Crippen LogP contribution < -0.4 is 5.32 Å². The fourth-order valence-corrected chi connectivity index (χ4v) is 5.14. The van der Waals surface area contributed by atoms with Crippen LogP contribution in [-0.2, 0) is 21.4 Å². The van der Waals surface area contributed by atoms with E-state index in [0.717, 1.165) is 24.1 Å². The number of carbonyl (C=O) groups is 1. The molecule has 1 fully saturated rings. The molecule has 1 aromatic carbocycles. The summed E-state index contributed by atoms with van der Waals surface area (Å²) in [5.41, 5.74) is 1.68. The summed E-state index contributed by atoms with van der Waals surface area (Å²) in [5, 5.41) is 7.05. The normalized spacial score (nSPS) is 16.1. The van der Waals surface area contributed by atoms with Crippen LogP contribution in [0.4, 0.5) is 0 Å². The zero-order chi connectivity index (χ0) is 20.9. The lowest BCUT2D eigenvalue weighted by Gasteiger charge is -2.33. The molecule has 29 heavy (non-hydrogen) atoms. The Bertz CT molecular complexity index is 920. The highest BCUT2D eigenvalue weighted by Crippen LogP contribution is 2.22. The molecular weight excluding hydrogens is 390 g/mol. The third kappa shape index (κ3) is 5.65. The van der Waals surface area contributed by atoms with Crippen LogP contribution in [0, 0.1) is 13.8 Å². The van der Waals surface area contributed by atoms with Crippen LogP contribution in [0.2, 0.25) is 0 Å². The second kappa shape index (κ2) is 9.51. The van der Waals surface area contributed by atoms with Crippen LogP contribution in [0.3, 0.4) is 0 Å². The van der Waals surface area contributed by atoms with E-state index in [9.17, 15) is 13.2 Å². The van der Waals surface area contributed by atoms with Crippen LogP contribution in [-0.4, -0.2) is 72.6 Å². The maximum atomic E-state index is 13.0. The van der Waals surface area contributed by atoms with Gasteiger partial charge in [-0.05, 0) is 43.5 Å². The molecule has 158 valence electrons. The van der Waals surface area contributed by atoms with E-state index >= 15 is 0 Å². The first-order chi connectivity index (χ1) is 13.9. The second-order valence-corrected chi connectivity index (χ2v) is 9.33. The highest BCUT2D eigenvalue weighted by Gasteiger charge is 2.30. The van der Waals surface area contributed by atoms with Gasteiger partial charge in [0.05, 0.1) is 11.4 Å². The SMILES string of the molecule is Cc1ccc(C)c(S(=O)(=O)N2CCN(CC(=O)NCCCn3cccn3)CC2)c1. The van der Waals surface area contributed by atoms with Crippen LogP contribution in [0.25, 0.3) is 0 Å². The van der Waals surface area contributed by atoms with Gasteiger partial charge in [-0.15, -0.1) is 0 Å². The number of benzene rings is 1. The van der Waals surface area contributed by atoms with Gasteiger partial charge >= 0.3 is 0 Å². The minimum absolute atomic E-state index is 0.0312. The number of sulfonamides is 1. The molecule has 1 aromatic heterocycles. The van der Waals surface area contributed by atoms with Gasteiger partial charge in [-0.25, -0.2) is 8.42 Å². The van der Waals surface area contributed by atoms with E-state index in [1.54, 1.807) is 12.3 Å². The zero-order valence-corrected chi connectivity index (χ0v) is 17.9. The van der Waals surface area contributed by atoms with E-state index in [1.165, 1.54) is 4.31 Å². The summed E-state index contributed by atoms with van der Waals surface area (Å²) in [6.07, 6.45) is 4.45. The molecule has 0 aliphatic carbocycles. The Kier molecular flexibility index (Phi) is 7.05. The molecular formula is C20H29N5O3S. The lowest BCUT2D eigenvalue weighted by atomic mass is 10.2. The van der Waals surface area contributed by atoms with Crippen LogP contribution in [0.5, 0.6) is 0 Å². The topological polar surface area (TPSA) is 87.5 Å². The zero-order valence-electron chi connectivity index (χ0n) is 17.0. The van der Waals surface area contributed by atoms with E-state index in [4.69, 9.17) is 0 Å². The van der Waals surface area contributed by atoms with Crippen molar-refractivity contribution in [3.05, 3.63) is 47.8 Å². The molecule has 1 saturated heterocycles. The Morgan fingerprint density at radius 3 is 2.62 bits per heavy atom. The van der Waals surface area contributed by atoms with Crippen molar-refractivity contribution < 1.29 is 13.2 Å². The molecule has 0 atom stereocenters. The third-order valence-electron chi connectivity index (χ3n) is 5.11. The van der Waals surface area contributed by atoms with Gasteiger partial charge < -0.3 is 5.32 Å². The van der Waals surface area contributed by atoms with Crippen molar-refractivity contribution in [2.45, 2.75) is 31.7 Å². The molecule has 1 N–H and O–H groups in total. The second-order valence-electron chi connectivity index (χ2n) is 7.42. The summed E-state index contributed by atoms with van der Waals surface area (Å²) in [5.74, 6) is -0.0312. The number of nitrogens with zero attached hydrogens (tertiary/aromatic N) is 4. The summed E-state index contributed by atoms with van der Waals surface area (Å²) < 4.78 is 29.3. The first kappa shape index (κ1) is 21.5. The van der Waals surface area contributed by atoms with Gasteiger partial charge in [0, 0.05) is 51.7 Å². The minimum Gasteiger partial charge on any atom is -0.355 e. The molecule has 1 aliphatic rings. The molecule has 1 aliphatic heterocycles. The van der Waals surface area contributed by atoms with E-state index in [0.29, 0.717) is 44.2 Å². The van der Waals surface area contributed by atoms with Crippen molar-refractivity contribution in [3.8, 4) is 0 Å². The van der Waals surface area contributed by atoms with E-state index in [2.05, 4.69) is 10.4 Å². The van der Waals surface area contributed by atoms with E-state index in [-0.39, 0.29) is 5.91 Å². The fraction of sp³-hybridized carbons (Fsp3) is 0.500. The number of rotatable bonds is 8. The van der Waals surface area contributed by atoms with Gasteiger partial charge in [0.15, 0.2) is 0 Å². The Hall–Kier alpha value is -2.23. The number of aryl methyl sites for hydroxylation is 3. The quantitative estimate of drug-likeness (QED) is 0.646. The number of amides is 1. The Labute approximate surface area is 172 Å². The Morgan fingerprint density at radius 2 is 1.93 bits per heavy atom. The number of aromatic nitrogens is 2. The van der Waals surface area contributed by atoms with Gasteiger partial charge in [0.2, 0.25) is 15.9 Å². The number of hydrogen-bond donors (Lipinski definition) is 1. The number of hydrogen-bond acceptors (Lipinski definition) is 5. The third-order valence-corrected chi connectivity index (χ3v) is 7.15. The molecule has 0 saturated carbocycles. The first-order valence-electron chi connectivity index (χ1n) is 9.90. The predicted molar refractivity (Wildman–Crippen MR) is 111 cm³/mol. The summed E-state index contributed by atoms with van der Waals surface area (Å²) >= 11 is 0. The average Bonchev–Trinajstić information content (AvgIpc) is 3.21. The van der Waals surface area contributed by atoms with Crippen molar-refractivity contribution in [1.82, 2.24) is 24.3 Å². The smallest absolute Gasteiger partial charge is 0.243 e. The van der Waals surface area contributed by atoms with Crippen molar-refractivity contribution in [2.75, 3.05) is 39.3 Å². The molecule has 0 radical (unpaired) electrons. The first-order valence-corrected chi connectivity index (χ1v) is 11.3.